The van der Waals surface area contributed by atoms with Crippen LogP contribution in [-0.4, -0.2) is 38.2 Å². The molecule has 0 aromatic heterocycles. The Morgan fingerprint density at radius 3 is 2.53 bits per heavy atom. The fourth-order valence-corrected chi connectivity index (χ4v) is 2.78. The van der Waals surface area contributed by atoms with Crippen molar-refractivity contribution >= 4 is 5.91 Å². The van der Waals surface area contributed by atoms with Crippen LogP contribution in [0.1, 0.15) is 18.4 Å². The van der Waals surface area contributed by atoms with Crippen molar-refractivity contribution in [3.8, 4) is 0 Å². The van der Waals surface area contributed by atoms with Crippen LogP contribution in [-0.2, 0) is 16.1 Å². The van der Waals surface area contributed by atoms with Gasteiger partial charge in [0.2, 0.25) is 0 Å². The molecule has 1 aliphatic rings. The van der Waals surface area contributed by atoms with E-state index in [4.69, 9.17) is 4.84 Å². The van der Waals surface area contributed by atoms with E-state index in [9.17, 15) is 4.79 Å². The molecule has 1 amide bonds. The predicted octanol–water partition coefficient (Wildman–Crippen LogP) is 1.62. The quantitative estimate of drug-likeness (QED) is 0.838. The van der Waals surface area contributed by atoms with E-state index >= 15 is 0 Å². The minimum absolute atomic E-state index is 0.0837. The number of hydroxylamine groups is 2. The molecular weight excluding hydrogens is 240 g/mol. The fourth-order valence-electron chi connectivity index (χ4n) is 2.78. The third-order valence-electron chi connectivity index (χ3n) is 3.96. The molecule has 0 aliphatic carbocycles. The Hall–Kier alpha value is -1.39. The molecule has 0 unspecified atom stereocenters. The second-order valence-corrected chi connectivity index (χ2v) is 5.18. The summed E-state index contributed by atoms with van der Waals surface area (Å²) in [4.78, 5) is 17.7. The molecule has 19 heavy (non-hydrogen) atoms. The molecule has 0 bridgehead atoms. The normalized spacial score (nSPS) is 18.0. The van der Waals surface area contributed by atoms with Crippen molar-refractivity contribution < 1.29 is 9.63 Å². The molecule has 0 radical (unpaired) electrons. The topological polar surface area (TPSA) is 41.6 Å². The highest BCUT2D eigenvalue weighted by molar-refractivity contribution is 5.82. The van der Waals surface area contributed by atoms with Crippen LogP contribution in [0, 0.1) is 5.41 Å². The summed E-state index contributed by atoms with van der Waals surface area (Å²) in [5.74, 6) is 0.0837. The van der Waals surface area contributed by atoms with Crippen LogP contribution in [0.25, 0.3) is 0 Å². The Morgan fingerprint density at radius 1 is 1.32 bits per heavy atom. The van der Waals surface area contributed by atoms with Crippen molar-refractivity contribution in [3.05, 3.63) is 35.9 Å². The summed E-state index contributed by atoms with van der Waals surface area (Å²) in [5, 5.41) is 4.69. The second-order valence-electron chi connectivity index (χ2n) is 5.18. The lowest BCUT2D eigenvalue weighted by atomic mass is 9.73. The number of amides is 1. The monoisotopic (exact) mass is 262 g/mol. The molecule has 1 saturated heterocycles. The average molecular weight is 262 g/mol. The summed E-state index contributed by atoms with van der Waals surface area (Å²) >= 11 is 0. The van der Waals surface area contributed by atoms with Crippen LogP contribution < -0.4 is 5.32 Å². The van der Waals surface area contributed by atoms with Gasteiger partial charge in [-0.1, -0.05) is 30.3 Å². The first-order valence-electron chi connectivity index (χ1n) is 6.75. The molecule has 0 saturated carbocycles. The van der Waals surface area contributed by atoms with Gasteiger partial charge in [-0.2, -0.15) is 0 Å². The van der Waals surface area contributed by atoms with E-state index < -0.39 is 0 Å². The standard InChI is InChI=1S/C15H22N2O2/c1-17(19-2)14(18)15(8-10-16-11-9-15)12-13-6-4-3-5-7-13/h3-7,16H,8-12H2,1-2H3. The highest BCUT2D eigenvalue weighted by Crippen LogP contribution is 2.34. The lowest BCUT2D eigenvalue weighted by molar-refractivity contribution is -0.182. The third-order valence-corrected chi connectivity index (χ3v) is 3.96. The van der Waals surface area contributed by atoms with Gasteiger partial charge in [-0.05, 0) is 37.9 Å². The van der Waals surface area contributed by atoms with Gasteiger partial charge in [-0.15, -0.1) is 0 Å². The Balaban J connectivity index is 2.22. The fraction of sp³-hybridized carbons (Fsp3) is 0.533. The van der Waals surface area contributed by atoms with Crippen LogP contribution in [0.2, 0.25) is 0 Å². The van der Waals surface area contributed by atoms with Crippen molar-refractivity contribution in [1.29, 1.82) is 0 Å². The maximum atomic E-state index is 12.6. The number of hydrogen-bond acceptors (Lipinski definition) is 3. The third kappa shape index (κ3) is 3.14. The van der Waals surface area contributed by atoms with Crippen LogP contribution in [0.5, 0.6) is 0 Å². The largest absolute Gasteiger partial charge is 0.317 e. The summed E-state index contributed by atoms with van der Waals surface area (Å²) in [6.07, 6.45) is 2.49. The van der Waals surface area contributed by atoms with Crippen LogP contribution in [0.15, 0.2) is 30.3 Å². The van der Waals surface area contributed by atoms with Gasteiger partial charge in [0.1, 0.15) is 0 Å². The number of rotatable bonds is 4. The van der Waals surface area contributed by atoms with Crippen molar-refractivity contribution in [2.75, 3.05) is 27.2 Å². The molecule has 4 nitrogen and oxygen atoms in total. The molecule has 1 aromatic carbocycles. The van der Waals surface area contributed by atoms with E-state index in [-0.39, 0.29) is 11.3 Å². The van der Waals surface area contributed by atoms with E-state index in [1.807, 2.05) is 18.2 Å². The van der Waals surface area contributed by atoms with Crippen LogP contribution in [0.3, 0.4) is 0 Å². The maximum absolute atomic E-state index is 12.6. The summed E-state index contributed by atoms with van der Waals surface area (Å²) in [5.41, 5.74) is 0.874. The molecule has 1 aromatic rings. The van der Waals surface area contributed by atoms with Crippen LogP contribution >= 0.6 is 0 Å². The zero-order valence-electron chi connectivity index (χ0n) is 11.7. The minimum atomic E-state index is -0.336. The van der Waals surface area contributed by atoms with Crippen LogP contribution in [0.4, 0.5) is 0 Å². The first-order chi connectivity index (χ1) is 9.18. The number of piperidine rings is 1. The molecule has 104 valence electrons. The van der Waals surface area contributed by atoms with Crippen molar-refractivity contribution in [2.24, 2.45) is 5.41 Å². The van der Waals surface area contributed by atoms with Crippen molar-refractivity contribution in [1.82, 2.24) is 10.4 Å². The molecule has 1 heterocycles. The van der Waals surface area contributed by atoms with Crippen molar-refractivity contribution in [2.45, 2.75) is 19.3 Å². The molecule has 2 rings (SSSR count). The first kappa shape index (κ1) is 14.0. The minimum Gasteiger partial charge on any atom is -0.317 e. The van der Waals surface area contributed by atoms with Gasteiger partial charge in [-0.3, -0.25) is 9.63 Å². The number of benzene rings is 1. The van der Waals surface area contributed by atoms with E-state index in [0.29, 0.717) is 0 Å². The summed E-state index contributed by atoms with van der Waals surface area (Å²) in [6, 6.07) is 10.2. The van der Waals surface area contributed by atoms with Gasteiger partial charge in [0.05, 0.1) is 12.5 Å². The highest BCUT2D eigenvalue weighted by atomic mass is 16.7. The van der Waals surface area contributed by atoms with E-state index in [1.54, 1.807) is 7.05 Å². The van der Waals surface area contributed by atoms with Crippen molar-refractivity contribution in [3.63, 3.8) is 0 Å². The molecule has 0 spiro atoms. The molecule has 1 fully saturated rings. The average Bonchev–Trinajstić information content (AvgIpc) is 2.47. The van der Waals surface area contributed by atoms with Gasteiger partial charge in [0.25, 0.3) is 5.91 Å². The summed E-state index contributed by atoms with van der Waals surface area (Å²) in [7, 11) is 3.23. The number of nitrogens with one attached hydrogen (secondary N) is 1. The van der Waals surface area contributed by atoms with E-state index in [1.165, 1.54) is 17.7 Å². The Kier molecular flexibility index (Phi) is 4.56. The molecule has 4 heteroatoms. The zero-order chi connectivity index (χ0) is 13.7. The molecule has 1 N–H and O–H groups in total. The van der Waals surface area contributed by atoms with E-state index in [0.717, 1.165) is 32.4 Å². The van der Waals surface area contributed by atoms with E-state index in [2.05, 4.69) is 17.4 Å². The molecular formula is C15H22N2O2. The summed E-state index contributed by atoms with van der Waals surface area (Å²) in [6.45, 7) is 1.77. The lowest BCUT2D eigenvalue weighted by Crippen LogP contribution is -2.49. The smallest absolute Gasteiger partial charge is 0.252 e. The van der Waals surface area contributed by atoms with Gasteiger partial charge >= 0.3 is 0 Å². The SMILES string of the molecule is CON(C)C(=O)C1(Cc2ccccc2)CCNCC1. The van der Waals surface area contributed by atoms with Gasteiger partial charge in [-0.25, -0.2) is 5.06 Å². The zero-order valence-corrected chi connectivity index (χ0v) is 11.7. The number of carbonyl (C=O) groups excluding carboxylic acids is 1. The highest BCUT2D eigenvalue weighted by Gasteiger charge is 2.41. The number of carbonyl (C=O) groups is 1. The lowest BCUT2D eigenvalue weighted by Gasteiger charge is -2.38. The predicted molar refractivity (Wildman–Crippen MR) is 74.5 cm³/mol. The second kappa shape index (κ2) is 6.17. The maximum Gasteiger partial charge on any atom is 0.252 e. The number of hydrogen-bond donors (Lipinski definition) is 1. The molecule has 0 atom stereocenters. The van der Waals surface area contributed by atoms with Gasteiger partial charge in [0.15, 0.2) is 0 Å². The Morgan fingerprint density at radius 2 is 1.95 bits per heavy atom. The molecule has 1 aliphatic heterocycles. The van der Waals surface area contributed by atoms with Gasteiger partial charge < -0.3 is 5.32 Å². The summed E-state index contributed by atoms with van der Waals surface area (Å²) < 4.78 is 0. The number of nitrogens with zero attached hydrogens (tertiary/aromatic N) is 1. The first-order valence-corrected chi connectivity index (χ1v) is 6.75. The Bertz CT molecular complexity index is 413. The Labute approximate surface area is 114 Å². The van der Waals surface area contributed by atoms with Gasteiger partial charge in [0, 0.05) is 7.05 Å².